The highest BCUT2D eigenvalue weighted by atomic mass is 16.3. The van der Waals surface area contributed by atoms with Crippen molar-refractivity contribution in [3.05, 3.63) is 60.4 Å². The molecule has 2 heteroatoms. The molecule has 0 aliphatic carbocycles. The molecule has 1 heterocycles. The summed E-state index contributed by atoms with van der Waals surface area (Å²) in [7, 11) is 0. The first kappa shape index (κ1) is 9.97. The normalized spacial score (nSPS) is 10.9. The molecule has 0 saturated carbocycles. The molecule has 0 radical (unpaired) electrons. The van der Waals surface area contributed by atoms with Crippen molar-refractivity contribution in [2.45, 2.75) is 6.92 Å². The van der Waals surface area contributed by atoms with E-state index in [1.807, 2.05) is 23.6 Å². The lowest BCUT2D eigenvalue weighted by Gasteiger charge is -2.04. The van der Waals surface area contributed by atoms with Gasteiger partial charge in [-0.3, -0.25) is 0 Å². The molecule has 0 spiro atoms. The summed E-state index contributed by atoms with van der Waals surface area (Å²) in [6.07, 6.45) is 4.15. The standard InChI is InChI=1S/C15H13NO/c1-11-6-14(8-15(17)7-11)16-9-12-4-2-3-5-13(12)10-16/h2-10,17H,1H3. The van der Waals surface area contributed by atoms with Gasteiger partial charge in [0.25, 0.3) is 0 Å². The number of aromatic nitrogens is 1. The van der Waals surface area contributed by atoms with Crippen LogP contribution in [-0.4, -0.2) is 9.67 Å². The van der Waals surface area contributed by atoms with Crippen LogP contribution >= 0.6 is 0 Å². The van der Waals surface area contributed by atoms with Crippen molar-refractivity contribution in [3.8, 4) is 11.4 Å². The molecule has 0 bridgehead atoms. The minimum absolute atomic E-state index is 0.303. The fourth-order valence-corrected chi connectivity index (χ4v) is 2.12. The average Bonchev–Trinajstić information content (AvgIpc) is 2.71. The maximum absolute atomic E-state index is 9.62. The van der Waals surface area contributed by atoms with Crippen molar-refractivity contribution in [2.24, 2.45) is 0 Å². The third-order valence-electron chi connectivity index (χ3n) is 2.90. The van der Waals surface area contributed by atoms with E-state index < -0.39 is 0 Å². The molecule has 1 aromatic heterocycles. The number of phenolic OH excluding ortho intramolecular Hbond substituents is 1. The minimum Gasteiger partial charge on any atom is -0.508 e. The smallest absolute Gasteiger partial charge is 0.117 e. The Morgan fingerprint density at radius 2 is 1.59 bits per heavy atom. The topological polar surface area (TPSA) is 25.2 Å². The molecule has 0 atom stereocenters. The molecule has 0 aliphatic heterocycles. The lowest BCUT2D eigenvalue weighted by Crippen LogP contribution is -1.89. The minimum atomic E-state index is 0.303. The molecule has 84 valence electrons. The van der Waals surface area contributed by atoms with Gasteiger partial charge in [0.15, 0.2) is 0 Å². The second-order valence-electron chi connectivity index (χ2n) is 4.32. The van der Waals surface area contributed by atoms with Crippen LogP contribution in [0.2, 0.25) is 0 Å². The fraction of sp³-hybridized carbons (Fsp3) is 0.0667. The number of benzene rings is 2. The molecule has 17 heavy (non-hydrogen) atoms. The summed E-state index contributed by atoms with van der Waals surface area (Å²) in [5.74, 6) is 0.303. The van der Waals surface area contributed by atoms with Crippen molar-refractivity contribution in [1.82, 2.24) is 4.57 Å². The number of fused-ring (bicyclic) bond motifs is 1. The Kier molecular flexibility index (Phi) is 2.15. The maximum atomic E-state index is 9.62. The van der Waals surface area contributed by atoms with Crippen molar-refractivity contribution in [1.29, 1.82) is 0 Å². The number of rotatable bonds is 1. The van der Waals surface area contributed by atoms with Crippen LogP contribution < -0.4 is 0 Å². The monoisotopic (exact) mass is 223 g/mol. The van der Waals surface area contributed by atoms with Gasteiger partial charge >= 0.3 is 0 Å². The molecule has 0 amide bonds. The van der Waals surface area contributed by atoms with Crippen LogP contribution in [0.1, 0.15) is 5.56 Å². The molecule has 0 fully saturated rings. The van der Waals surface area contributed by atoms with Gasteiger partial charge < -0.3 is 9.67 Å². The van der Waals surface area contributed by atoms with E-state index in [0.717, 1.165) is 11.3 Å². The lowest BCUT2D eigenvalue weighted by molar-refractivity contribution is 0.474. The Bertz CT molecular complexity index is 629. The highest BCUT2D eigenvalue weighted by Crippen LogP contribution is 2.22. The molecular formula is C15H13NO. The number of hydrogen-bond donors (Lipinski definition) is 1. The van der Waals surface area contributed by atoms with E-state index in [9.17, 15) is 5.11 Å². The van der Waals surface area contributed by atoms with E-state index in [1.54, 1.807) is 12.1 Å². The molecular weight excluding hydrogens is 210 g/mol. The summed E-state index contributed by atoms with van der Waals surface area (Å²) in [4.78, 5) is 0. The highest BCUT2D eigenvalue weighted by Gasteiger charge is 2.02. The van der Waals surface area contributed by atoms with E-state index in [0.29, 0.717) is 5.75 Å². The Balaban J connectivity index is 2.20. The molecule has 3 aromatic rings. The van der Waals surface area contributed by atoms with Crippen LogP contribution in [0.25, 0.3) is 16.5 Å². The van der Waals surface area contributed by atoms with Gasteiger partial charge in [0.05, 0.1) is 0 Å². The Labute approximate surface area is 99.7 Å². The molecule has 0 aliphatic rings. The van der Waals surface area contributed by atoms with Gasteiger partial charge in [-0.05, 0) is 35.4 Å². The first-order chi connectivity index (χ1) is 8.22. The van der Waals surface area contributed by atoms with Gasteiger partial charge in [-0.1, -0.05) is 24.3 Å². The van der Waals surface area contributed by atoms with Crippen molar-refractivity contribution in [3.63, 3.8) is 0 Å². The van der Waals surface area contributed by atoms with Crippen LogP contribution in [0.4, 0.5) is 0 Å². The quantitative estimate of drug-likeness (QED) is 0.669. The van der Waals surface area contributed by atoms with Gasteiger partial charge in [-0.2, -0.15) is 0 Å². The summed E-state index contributed by atoms with van der Waals surface area (Å²) in [5.41, 5.74) is 2.04. The molecule has 3 rings (SSSR count). The number of hydrogen-bond acceptors (Lipinski definition) is 1. The van der Waals surface area contributed by atoms with Crippen molar-refractivity contribution < 1.29 is 5.11 Å². The first-order valence-corrected chi connectivity index (χ1v) is 5.60. The van der Waals surface area contributed by atoms with Gasteiger partial charge in [-0.25, -0.2) is 0 Å². The SMILES string of the molecule is Cc1cc(O)cc(-n2cc3ccccc3c2)c1. The van der Waals surface area contributed by atoms with Gasteiger partial charge in [0.2, 0.25) is 0 Å². The van der Waals surface area contributed by atoms with Crippen LogP contribution in [0.3, 0.4) is 0 Å². The maximum Gasteiger partial charge on any atom is 0.117 e. The highest BCUT2D eigenvalue weighted by molar-refractivity contribution is 5.82. The second kappa shape index (κ2) is 3.67. The Morgan fingerprint density at radius 3 is 2.18 bits per heavy atom. The van der Waals surface area contributed by atoms with E-state index in [-0.39, 0.29) is 0 Å². The van der Waals surface area contributed by atoms with E-state index in [1.165, 1.54) is 10.8 Å². The number of aryl methyl sites for hydroxylation is 1. The Hall–Kier alpha value is -2.22. The average molecular weight is 223 g/mol. The third-order valence-corrected chi connectivity index (χ3v) is 2.90. The summed E-state index contributed by atoms with van der Waals surface area (Å²) >= 11 is 0. The molecule has 0 saturated heterocycles. The van der Waals surface area contributed by atoms with Gasteiger partial charge in [-0.15, -0.1) is 0 Å². The van der Waals surface area contributed by atoms with Gasteiger partial charge in [0, 0.05) is 24.1 Å². The van der Waals surface area contributed by atoms with E-state index >= 15 is 0 Å². The molecule has 2 nitrogen and oxygen atoms in total. The lowest BCUT2D eigenvalue weighted by atomic mass is 10.2. The third kappa shape index (κ3) is 1.78. The zero-order chi connectivity index (χ0) is 11.8. The molecule has 1 N–H and O–H groups in total. The number of phenols is 1. The second-order valence-corrected chi connectivity index (χ2v) is 4.32. The summed E-state index contributed by atoms with van der Waals surface area (Å²) in [6.45, 7) is 1.98. The summed E-state index contributed by atoms with van der Waals surface area (Å²) < 4.78 is 2.04. The van der Waals surface area contributed by atoms with E-state index in [2.05, 4.69) is 30.6 Å². The van der Waals surface area contributed by atoms with E-state index in [4.69, 9.17) is 0 Å². The molecule has 0 unspecified atom stereocenters. The predicted molar refractivity (Wildman–Crippen MR) is 69.7 cm³/mol. The summed E-state index contributed by atoms with van der Waals surface area (Å²) in [6, 6.07) is 13.8. The molecule has 2 aromatic carbocycles. The Morgan fingerprint density at radius 1 is 0.941 bits per heavy atom. The number of aromatic hydroxyl groups is 1. The van der Waals surface area contributed by atoms with Crippen LogP contribution in [0, 0.1) is 6.92 Å². The summed E-state index contributed by atoms with van der Waals surface area (Å²) in [5, 5.41) is 12.0. The first-order valence-electron chi connectivity index (χ1n) is 5.60. The van der Waals surface area contributed by atoms with Crippen molar-refractivity contribution in [2.75, 3.05) is 0 Å². The van der Waals surface area contributed by atoms with Crippen LogP contribution in [0.15, 0.2) is 54.9 Å². The zero-order valence-electron chi connectivity index (χ0n) is 9.59. The predicted octanol–water partition coefficient (Wildman–Crippen LogP) is 3.64. The van der Waals surface area contributed by atoms with Crippen LogP contribution in [-0.2, 0) is 0 Å². The van der Waals surface area contributed by atoms with Crippen LogP contribution in [0.5, 0.6) is 5.75 Å². The largest absolute Gasteiger partial charge is 0.508 e. The zero-order valence-corrected chi connectivity index (χ0v) is 9.59. The number of nitrogens with zero attached hydrogens (tertiary/aromatic N) is 1. The van der Waals surface area contributed by atoms with Gasteiger partial charge in [0.1, 0.15) is 5.75 Å². The fourth-order valence-electron chi connectivity index (χ4n) is 2.12. The van der Waals surface area contributed by atoms with Crippen molar-refractivity contribution >= 4 is 10.8 Å².